The first-order valence-electron chi connectivity index (χ1n) is 28.2. The lowest BCUT2D eigenvalue weighted by molar-refractivity contribution is -0.140. The van der Waals surface area contributed by atoms with Crippen LogP contribution >= 0.6 is 45.1 Å². The summed E-state index contributed by atoms with van der Waals surface area (Å²) in [5.74, 6) is 3.63. The van der Waals surface area contributed by atoms with E-state index < -0.39 is 41.1 Å². The average Bonchev–Trinajstić information content (AvgIpc) is 3.32. The molecule has 0 spiro atoms. The minimum Gasteiger partial charge on any atom is -0.481 e. The maximum absolute atomic E-state index is 12.8. The summed E-state index contributed by atoms with van der Waals surface area (Å²) in [7, 11) is 3.80. The third kappa shape index (κ3) is 38.2. The Hall–Kier alpha value is -2.46. The van der Waals surface area contributed by atoms with Gasteiger partial charge in [0.15, 0.2) is 0 Å². The van der Waals surface area contributed by atoms with Gasteiger partial charge in [0.25, 0.3) is 0 Å². The molecule has 21 heteroatoms. The predicted octanol–water partition coefficient (Wildman–Crippen LogP) is 11.2. The van der Waals surface area contributed by atoms with Crippen LogP contribution in [0.5, 0.6) is 0 Å². The van der Waals surface area contributed by atoms with Crippen molar-refractivity contribution in [1.82, 2.24) is 26.6 Å². The monoisotopic (exact) mass is 1150 g/mol. The molecular weight excluding hydrogens is 1050 g/mol. The van der Waals surface area contributed by atoms with Gasteiger partial charge < -0.3 is 57.4 Å². The lowest BCUT2D eigenvalue weighted by Gasteiger charge is -2.37. The van der Waals surface area contributed by atoms with E-state index in [1.807, 2.05) is 86.7 Å². The number of alkyl carbamates (subject to hydrolysis) is 3. The van der Waals surface area contributed by atoms with Crippen molar-refractivity contribution in [3.8, 4) is 0 Å². The molecule has 10 N–H and O–H groups in total. The van der Waals surface area contributed by atoms with Crippen LogP contribution in [0.3, 0.4) is 0 Å². The van der Waals surface area contributed by atoms with Crippen LogP contribution in [0.4, 0.5) is 14.4 Å². The molecule has 0 saturated heterocycles. The number of nitrogens with one attached hydrogen (secondary N) is 5. The number of hydrogen-bond acceptors (Lipinski definition) is 15. The number of carbonyl (C=O) groups excluding carboxylic acids is 5. The number of ether oxygens (including phenoxy) is 3. The molecule has 3 fully saturated rings. The number of thioether (sulfide) groups is 2. The summed E-state index contributed by atoms with van der Waals surface area (Å²) in [6, 6.07) is 0. The fraction of sp³-hybridized carbons (Fsp3) is 0.891. The first-order valence-corrected chi connectivity index (χ1v) is 33.0. The number of carboxylic acids is 1. The highest BCUT2D eigenvalue weighted by Gasteiger charge is 2.38. The molecule has 0 bridgehead atoms. The van der Waals surface area contributed by atoms with Gasteiger partial charge in [-0.2, -0.15) is 23.5 Å². The molecule has 0 aromatic heterocycles. The molecule has 17 nitrogen and oxygen atoms in total. The second kappa shape index (κ2) is 39.0. The first kappa shape index (κ1) is 71.6. The van der Waals surface area contributed by atoms with Crippen molar-refractivity contribution in [3.63, 3.8) is 0 Å². The van der Waals surface area contributed by atoms with E-state index in [4.69, 9.17) is 30.8 Å². The molecule has 444 valence electrons. The third-order valence-corrected chi connectivity index (χ3v) is 18.1. The molecule has 0 aromatic rings. The maximum Gasteiger partial charge on any atom is 0.407 e. The highest BCUT2D eigenvalue weighted by molar-refractivity contribution is 8.76. The minimum atomic E-state index is -0.798. The van der Waals surface area contributed by atoms with Gasteiger partial charge in [-0.15, -0.1) is 0 Å². The van der Waals surface area contributed by atoms with Gasteiger partial charge in [0.05, 0.1) is 6.42 Å². The number of carbonyl (C=O) groups is 6. The van der Waals surface area contributed by atoms with E-state index in [2.05, 4.69) is 26.6 Å². The summed E-state index contributed by atoms with van der Waals surface area (Å²) >= 11 is 3.74. The van der Waals surface area contributed by atoms with Gasteiger partial charge in [0, 0.05) is 62.2 Å². The summed E-state index contributed by atoms with van der Waals surface area (Å²) in [6.07, 6.45) is 19.2. The number of hydrogen-bond donors (Lipinski definition) is 8. The highest BCUT2D eigenvalue weighted by atomic mass is 33.1. The van der Waals surface area contributed by atoms with Crippen molar-refractivity contribution in [3.05, 3.63) is 0 Å². The Bertz CT molecular complexity index is 1560. The molecule has 0 aliphatic heterocycles. The fourth-order valence-electron chi connectivity index (χ4n) is 9.39. The fourth-order valence-corrected chi connectivity index (χ4v) is 13.7. The van der Waals surface area contributed by atoms with Crippen LogP contribution in [0.1, 0.15) is 204 Å². The zero-order valence-electron chi connectivity index (χ0n) is 48.5. The average molecular weight is 1150 g/mol. The Kier molecular flexibility index (Phi) is 36.7. The molecule has 3 aliphatic carbocycles. The molecule has 0 radical (unpaired) electrons. The van der Waals surface area contributed by atoms with Crippen molar-refractivity contribution in [2.75, 3.05) is 73.9 Å². The van der Waals surface area contributed by atoms with Crippen LogP contribution in [0.2, 0.25) is 0 Å². The number of aliphatic carboxylic acids is 1. The van der Waals surface area contributed by atoms with Gasteiger partial charge in [-0.1, -0.05) is 79.4 Å². The van der Waals surface area contributed by atoms with Crippen LogP contribution in [-0.4, -0.2) is 132 Å². The van der Waals surface area contributed by atoms with E-state index in [0.717, 1.165) is 139 Å². The van der Waals surface area contributed by atoms with Crippen LogP contribution in [-0.2, 0) is 28.6 Å². The van der Waals surface area contributed by atoms with Crippen molar-refractivity contribution in [2.45, 2.75) is 220 Å². The van der Waals surface area contributed by atoms with E-state index in [0.29, 0.717) is 45.6 Å². The molecule has 3 aliphatic rings. The number of carboxylic acid groups (broad SMARTS) is 1. The van der Waals surface area contributed by atoms with Gasteiger partial charge in [0.1, 0.15) is 16.8 Å². The SMILES string of the molecule is CC(C)(C)OC(=O)NCC1(CC(=O)NCCCSCSCCCNC(=O)CC2(CNC(=O)OC(C)(C)C)CCCCC2)CCCCC1.CC(C)(C)OC(=O)NCC1(CC(=O)O)CCCCC1.NCCCSSCCCN. The van der Waals surface area contributed by atoms with Crippen molar-refractivity contribution >= 4 is 81.2 Å². The Balaban J connectivity index is 0.000000807. The zero-order valence-corrected chi connectivity index (χ0v) is 51.7. The van der Waals surface area contributed by atoms with Gasteiger partial charge in [-0.25, -0.2) is 14.4 Å². The summed E-state index contributed by atoms with van der Waals surface area (Å²) in [6.45, 7) is 20.8. The smallest absolute Gasteiger partial charge is 0.407 e. The van der Waals surface area contributed by atoms with E-state index in [1.54, 1.807) is 20.8 Å². The Morgan fingerprint density at radius 3 is 1.03 bits per heavy atom. The summed E-state index contributed by atoms with van der Waals surface area (Å²) < 4.78 is 16.0. The molecular formula is C55H105N7O10S4. The molecule has 76 heavy (non-hydrogen) atoms. The van der Waals surface area contributed by atoms with Crippen LogP contribution < -0.4 is 38.1 Å². The van der Waals surface area contributed by atoms with Crippen LogP contribution in [0, 0.1) is 16.2 Å². The quantitative estimate of drug-likeness (QED) is 0.0150. The lowest BCUT2D eigenvalue weighted by Crippen LogP contribution is -2.44. The Morgan fingerprint density at radius 1 is 0.447 bits per heavy atom. The van der Waals surface area contributed by atoms with Crippen LogP contribution in [0.25, 0.3) is 0 Å². The summed E-state index contributed by atoms with van der Waals surface area (Å²) in [4.78, 5) is 72.6. The molecule has 0 unspecified atom stereocenters. The molecule has 3 rings (SSSR count). The van der Waals surface area contributed by atoms with E-state index in [1.165, 1.54) is 24.3 Å². The van der Waals surface area contributed by atoms with Crippen LogP contribution in [0.15, 0.2) is 0 Å². The zero-order chi connectivity index (χ0) is 57.0. The van der Waals surface area contributed by atoms with E-state index >= 15 is 0 Å². The topological polar surface area (TPSA) is 263 Å². The Morgan fingerprint density at radius 2 is 0.750 bits per heavy atom. The van der Waals surface area contributed by atoms with Gasteiger partial charge in [-0.05, 0) is 167 Å². The Labute approximate surface area is 475 Å². The molecule has 0 atom stereocenters. The van der Waals surface area contributed by atoms with E-state index in [9.17, 15) is 28.8 Å². The normalized spacial score (nSPS) is 16.9. The highest BCUT2D eigenvalue weighted by Crippen LogP contribution is 2.41. The first-order chi connectivity index (χ1) is 35.7. The molecule has 0 heterocycles. The van der Waals surface area contributed by atoms with Crippen molar-refractivity contribution in [1.29, 1.82) is 0 Å². The second-order valence-corrected chi connectivity index (χ2v) is 29.2. The molecule has 3 saturated carbocycles. The summed E-state index contributed by atoms with van der Waals surface area (Å²) in [5.41, 5.74) is 8.34. The number of rotatable bonds is 29. The van der Waals surface area contributed by atoms with Crippen molar-refractivity contribution in [2.24, 2.45) is 27.7 Å². The molecule has 5 amide bonds. The number of nitrogens with two attached hydrogens (primary N) is 2. The maximum atomic E-state index is 12.8. The standard InChI is InChI=1S/C35H64N4O6S2.C14H25NO4.C6H16N2S2/c1-32(2,3)44-30(42)38-25-34(15-9-7-10-16-34)23-28(40)36-19-13-21-46-27-47-22-14-20-37-29(41)24-35(17-11-8-12-18-35)26-39-31(43)45-33(4,5)6;1-13(2,3)19-12(18)15-10-14(9-11(16)17)7-5-4-6-8-14;7-3-1-5-9-10-6-2-4-8/h7-27H2,1-6H3,(H,36,40)(H,37,41)(H,38,42)(H,39,43);4-10H2,1-3H3,(H,15,18)(H,16,17);1-8H2. The number of amides is 5. The largest absolute Gasteiger partial charge is 0.481 e. The van der Waals surface area contributed by atoms with Crippen molar-refractivity contribution < 1.29 is 48.1 Å². The second-order valence-electron chi connectivity index (χ2n) is 23.9. The predicted molar refractivity (Wildman–Crippen MR) is 318 cm³/mol. The third-order valence-electron chi connectivity index (χ3n) is 13.0. The van der Waals surface area contributed by atoms with E-state index in [-0.39, 0.29) is 34.5 Å². The van der Waals surface area contributed by atoms with Gasteiger partial charge in [0.2, 0.25) is 11.8 Å². The van der Waals surface area contributed by atoms with Gasteiger partial charge >= 0.3 is 24.2 Å². The minimum absolute atomic E-state index is 0.0630. The summed E-state index contributed by atoms with van der Waals surface area (Å²) in [5, 5.41) is 24.8. The lowest BCUT2D eigenvalue weighted by atomic mass is 9.71. The van der Waals surface area contributed by atoms with Gasteiger partial charge in [-0.3, -0.25) is 14.4 Å². The molecule has 0 aromatic carbocycles.